The van der Waals surface area contributed by atoms with Crippen molar-refractivity contribution in [3.05, 3.63) is 41.5 Å². The fourth-order valence-electron chi connectivity index (χ4n) is 3.26. The van der Waals surface area contributed by atoms with Gasteiger partial charge in [0.2, 0.25) is 12.5 Å². The van der Waals surface area contributed by atoms with Crippen molar-refractivity contribution in [3.63, 3.8) is 0 Å². The lowest BCUT2D eigenvalue weighted by atomic mass is 9.92. The van der Waals surface area contributed by atoms with Crippen LogP contribution in [-0.2, 0) is 22.4 Å². The fourth-order valence-corrected chi connectivity index (χ4v) is 3.26. The largest absolute Gasteiger partial charge is 0.502 e. The van der Waals surface area contributed by atoms with Crippen LogP contribution in [0.2, 0.25) is 0 Å². The summed E-state index contributed by atoms with van der Waals surface area (Å²) in [5.41, 5.74) is 1.87. The van der Waals surface area contributed by atoms with Crippen LogP contribution in [0.15, 0.2) is 30.3 Å². The molecule has 0 saturated carbocycles. The van der Waals surface area contributed by atoms with Crippen LogP contribution in [0.4, 0.5) is 0 Å². The zero-order valence-electron chi connectivity index (χ0n) is 16.2. The van der Waals surface area contributed by atoms with Gasteiger partial charge in [0, 0.05) is 0 Å². The Balaban J connectivity index is 1.75. The summed E-state index contributed by atoms with van der Waals surface area (Å²) in [5.74, 6) is 1.35. The van der Waals surface area contributed by atoms with Crippen molar-refractivity contribution in [2.45, 2.75) is 19.3 Å². The molecular formula is C21H24O7. The molecule has 1 unspecified atom stereocenters. The third-order valence-electron chi connectivity index (χ3n) is 4.77. The second-order valence-corrected chi connectivity index (χ2v) is 6.50. The lowest BCUT2D eigenvalue weighted by Crippen LogP contribution is -2.19. The minimum absolute atomic E-state index is 0.0660. The Kier molecular flexibility index (Phi) is 6.13. The van der Waals surface area contributed by atoms with Crippen LogP contribution in [0, 0.1) is 5.92 Å². The summed E-state index contributed by atoms with van der Waals surface area (Å²) >= 11 is 0. The van der Waals surface area contributed by atoms with Gasteiger partial charge in [0.05, 0.1) is 27.2 Å². The van der Waals surface area contributed by atoms with E-state index in [0.29, 0.717) is 30.8 Å². The molecule has 7 heteroatoms. The van der Waals surface area contributed by atoms with Crippen molar-refractivity contribution in [2.24, 2.45) is 5.92 Å². The first kappa shape index (κ1) is 19.7. The molecule has 0 saturated heterocycles. The van der Waals surface area contributed by atoms with E-state index in [4.69, 9.17) is 23.7 Å². The Bertz CT molecular complexity index is 822. The number of rotatable bonds is 8. The number of benzene rings is 2. The molecule has 0 aliphatic carbocycles. The molecule has 28 heavy (non-hydrogen) atoms. The molecule has 1 N–H and O–H groups in total. The molecule has 0 radical (unpaired) electrons. The molecule has 0 fully saturated rings. The van der Waals surface area contributed by atoms with E-state index in [1.165, 1.54) is 21.3 Å². The number of hydrogen-bond acceptors (Lipinski definition) is 7. The number of esters is 1. The van der Waals surface area contributed by atoms with Gasteiger partial charge in [-0.15, -0.1) is 0 Å². The minimum atomic E-state index is -0.352. The molecular weight excluding hydrogens is 364 g/mol. The maximum Gasteiger partial charge on any atom is 0.309 e. The first-order valence-electron chi connectivity index (χ1n) is 8.96. The first-order chi connectivity index (χ1) is 13.5. The van der Waals surface area contributed by atoms with Crippen molar-refractivity contribution in [1.82, 2.24) is 0 Å². The molecule has 1 aliphatic heterocycles. The maximum absolute atomic E-state index is 12.3. The van der Waals surface area contributed by atoms with E-state index in [2.05, 4.69) is 0 Å². The van der Waals surface area contributed by atoms with Crippen LogP contribution in [0.3, 0.4) is 0 Å². The molecule has 1 aliphatic rings. The summed E-state index contributed by atoms with van der Waals surface area (Å²) in [7, 11) is 4.32. The lowest BCUT2D eigenvalue weighted by Gasteiger charge is -2.17. The summed E-state index contributed by atoms with van der Waals surface area (Å²) in [6.45, 7) is 0.230. The van der Waals surface area contributed by atoms with Gasteiger partial charge in [-0.1, -0.05) is 6.07 Å². The number of hydrogen-bond donors (Lipinski definition) is 1. The van der Waals surface area contributed by atoms with Crippen LogP contribution in [0.1, 0.15) is 17.5 Å². The van der Waals surface area contributed by atoms with E-state index in [1.54, 1.807) is 12.1 Å². The highest BCUT2D eigenvalue weighted by Gasteiger charge is 2.22. The van der Waals surface area contributed by atoms with Crippen molar-refractivity contribution in [3.8, 4) is 28.7 Å². The number of phenolic OH excluding ortho intramolecular Hbond substituents is 1. The number of fused-ring (bicyclic) bond motifs is 1. The van der Waals surface area contributed by atoms with E-state index < -0.39 is 0 Å². The normalized spacial score (nSPS) is 13.1. The summed E-state index contributed by atoms with van der Waals surface area (Å²) in [4.78, 5) is 12.3. The van der Waals surface area contributed by atoms with Crippen LogP contribution < -0.4 is 18.9 Å². The van der Waals surface area contributed by atoms with Crippen LogP contribution in [0.5, 0.6) is 28.7 Å². The number of carbonyl (C=O) groups excluding carboxylic acids is 1. The third-order valence-corrected chi connectivity index (χ3v) is 4.77. The second-order valence-electron chi connectivity index (χ2n) is 6.50. The van der Waals surface area contributed by atoms with Gasteiger partial charge >= 0.3 is 5.97 Å². The monoisotopic (exact) mass is 388 g/mol. The standard InChI is InChI=1S/C21H24O7/c1-24-18-10-14(11-19(25-2)20(18)22)8-15(21(23)26-3)6-4-13-5-7-16-17(9-13)28-12-27-16/h5,7,9-11,15,22H,4,6,8,12H2,1-3H3. The number of aromatic hydroxyl groups is 1. The zero-order chi connectivity index (χ0) is 20.1. The number of carbonyl (C=O) groups is 1. The molecule has 1 atom stereocenters. The molecule has 0 bridgehead atoms. The zero-order valence-corrected chi connectivity index (χ0v) is 16.2. The van der Waals surface area contributed by atoms with Gasteiger partial charge in [-0.05, 0) is 54.7 Å². The fraction of sp³-hybridized carbons (Fsp3) is 0.381. The Morgan fingerprint density at radius 2 is 1.71 bits per heavy atom. The quantitative estimate of drug-likeness (QED) is 0.696. The molecule has 2 aromatic carbocycles. The van der Waals surface area contributed by atoms with E-state index in [9.17, 15) is 9.90 Å². The number of methoxy groups -OCH3 is 3. The Hall–Kier alpha value is -3.09. The Morgan fingerprint density at radius 3 is 2.36 bits per heavy atom. The van der Waals surface area contributed by atoms with Gasteiger partial charge in [0.1, 0.15) is 0 Å². The predicted octanol–water partition coefficient (Wildman–Crippen LogP) is 3.10. The summed E-state index contributed by atoms with van der Waals surface area (Å²) in [6.07, 6.45) is 1.71. The summed E-state index contributed by atoms with van der Waals surface area (Å²) in [5, 5.41) is 10.1. The molecule has 0 amide bonds. The molecule has 0 aromatic heterocycles. The van der Waals surface area contributed by atoms with Gasteiger partial charge in [-0.3, -0.25) is 4.79 Å². The van der Waals surface area contributed by atoms with E-state index in [-0.39, 0.29) is 24.4 Å². The van der Waals surface area contributed by atoms with Gasteiger partial charge in [-0.25, -0.2) is 0 Å². The highest BCUT2D eigenvalue weighted by atomic mass is 16.7. The highest BCUT2D eigenvalue weighted by molar-refractivity contribution is 5.73. The molecule has 150 valence electrons. The van der Waals surface area contributed by atoms with E-state index in [1.807, 2.05) is 18.2 Å². The van der Waals surface area contributed by atoms with Crippen molar-refractivity contribution in [1.29, 1.82) is 0 Å². The second kappa shape index (κ2) is 8.73. The van der Waals surface area contributed by atoms with E-state index >= 15 is 0 Å². The van der Waals surface area contributed by atoms with E-state index in [0.717, 1.165) is 22.6 Å². The summed E-state index contributed by atoms with van der Waals surface area (Å²) < 4.78 is 26.1. The van der Waals surface area contributed by atoms with Crippen molar-refractivity contribution in [2.75, 3.05) is 28.1 Å². The third kappa shape index (κ3) is 4.24. The molecule has 3 rings (SSSR count). The Labute approximate surface area is 163 Å². The van der Waals surface area contributed by atoms with Crippen molar-refractivity contribution >= 4 is 5.97 Å². The van der Waals surface area contributed by atoms with Crippen molar-refractivity contribution < 1.29 is 33.6 Å². The SMILES string of the molecule is COC(=O)C(CCc1ccc2c(c1)OCO2)Cc1cc(OC)c(O)c(OC)c1. The number of aryl methyl sites for hydroxylation is 1. The Morgan fingerprint density at radius 1 is 1.04 bits per heavy atom. The smallest absolute Gasteiger partial charge is 0.309 e. The maximum atomic E-state index is 12.3. The number of phenols is 1. The van der Waals surface area contributed by atoms with Gasteiger partial charge in [0.15, 0.2) is 23.0 Å². The average molecular weight is 388 g/mol. The van der Waals surface area contributed by atoms with Crippen LogP contribution in [-0.4, -0.2) is 39.2 Å². The van der Waals surface area contributed by atoms with Gasteiger partial charge < -0.3 is 28.8 Å². The van der Waals surface area contributed by atoms with Gasteiger partial charge in [-0.2, -0.15) is 0 Å². The predicted molar refractivity (Wildman–Crippen MR) is 101 cm³/mol. The molecule has 0 spiro atoms. The molecule has 7 nitrogen and oxygen atoms in total. The lowest BCUT2D eigenvalue weighted by molar-refractivity contribution is -0.145. The first-order valence-corrected chi connectivity index (χ1v) is 8.96. The van der Waals surface area contributed by atoms with Crippen LogP contribution in [0.25, 0.3) is 0 Å². The summed E-state index contributed by atoms with van der Waals surface area (Å²) in [6, 6.07) is 9.18. The topological polar surface area (TPSA) is 83.5 Å². The minimum Gasteiger partial charge on any atom is -0.502 e. The van der Waals surface area contributed by atoms with Crippen LogP contribution >= 0.6 is 0 Å². The van der Waals surface area contributed by atoms with Gasteiger partial charge in [0.25, 0.3) is 0 Å². The number of ether oxygens (including phenoxy) is 5. The molecule has 1 heterocycles. The average Bonchev–Trinajstić information content (AvgIpc) is 3.19. The molecule has 2 aromatic rings. The highest BCUT2D eigenvalue weighted by Crippen LogP contribution is 2.38.